The molecule has 31 heavy (non-hydrogen) atoms. The number of fused-ring (bicyclic) bond motifs is 1. The lowest BCUT2D eigenvalue weighted by Crippen LogP contribution is -2.42. The van der Waals surface area contributed by atoms with E-state index in [1.54, 1.807) is 6.92 Å². The van der Waals surface area contributed by atoms with Gasteiger partial charge in [0.15, 0.2) is 0 Å². The standard InChI is InChI=1S/C25H37N5O/c1-17-8-9-23-20(14-17)15-22(25(31)28-18(2)26)24(29-23)30-12-10-19(11-13-30)16-27-21-6-4-3-5-7-21/h8-9,14-15,18-19,21,27H,3-7,10-13,16,26H2,1-2H3,(H,28,31). The first kappa shape index (κ1) is 22.0. The summed E-state index contributed by atoms with van der Waals surface area (Å²) in [7, 11) is 0. The maximum Gasteiger partial charge on any atom is 0.256 e. The van der Waals surface area contributed by atoms with Crippen molar-refractivity contribution in [1.82, 2.24) is 15.6 Å². The normalized spacial score (nSPS) is 19.5. The van der Waals surface area contributed by atoms with Crippen LogP contribution >= 0.6 is 0 Å². The van der Waals surface area contributed by atoms with E-state index < -0.39 is 6.17 Å². The molecular formula is C25H37N5O. The monoisotopic (exact) mass is 423 g/mol. The zero-order chi connectivity index (χ0) is 21.8. The highest BCUT2D eigenvalue weighted by Crippen LogP contribution is 2.29. The maximum absolute atomic E-state index is 12.9. The van der Waals surface area contributed by atoms with Crippen molar-refractivity contribution in [2.75, 3.05) is 24.5 Å². The van der Waals surface area contributed by atoms with Crippen LogP contribution in [-0.4, -0.2) is 42.7 Å². The Balaban J connectivity index is 1.47. The second-order valence-electron chi connectivity index (χ2n) is 9.49. The fourth-order valence-corrected chi connectivity index (χ4v) is 4.97. The van der Waals surface area contributed by atoms with Gasteiger partial charge in [-0.1, -0.05) is 30.9 Å². The predicted octanol–water partition coefficient (Wildman–Crippen LogP) is 3.72. The highest BCUT2D eigenvalue weighted by Gasteiger charge is 2.25. The lowest BCUT2D eigenvalue weighted by Gasteiger charge is -2.35. The first-order valence-corrected chi connectivity index (χ1v) is 12.0. The summed E-state index contributed by atoms with van der Waals surface area (Å²) in [6, 6.07) is 8.88. The molecule has 1 saturated heterocycles. The second-order valence-corrected chi connectivity index (χ2v) is 9.49. The zero-order valence-corrected chi connectivity index (χ0v) is 19.0. The average Bonchev–Trinajstić information content (AvgIpc) is 2.77. The van der Waals surface area contributed by atoms with Gasteiger partial charge in [-0.3, -0.25) is 4.79 Å². The van der Waals surface area contributed by atoms with Gasteiger partial charge in [0.05, 0.1) is 17.2 Å². The van der Waals surface area contributed by atoms with E-state index in [1.165, 1.54) is 32.1 Å². The van der Waals surface area contributed by atoms with Gasteiger partial charge < -0.3 is 21.3 Å². The van der Waals surface area contributed by atoms with Crippen molar-refractivity contribution in [3.8, 4) is 0 Å². The number of carbonyl (C=O) groups excluding carboxylic acids is 1. The van der Waals surface area contributed by atoms with Gasteiger partial charge >= 0.3 is 0 Å². The van der Waals surface area contributed by atoms with E-state index in [1.807, 2.05) is 12.1 Å². The Bertz CT molecular complexity index is 898. The molecule has 6 heteroatoms. The number of pyridine rings is 1. The maximum atomic E-state index is 12.9. The van der Waals surface area contributed by atoms with Crippen molar-refractivity contribution in [1.29, 1.82) is 0 Å². The molecule has 1 atom stereocenters. The van der Waals surface area contributed by atoms with Crippen LogP contribution in [0, 0.1) is 12.8 Å². The summed E-state index contributed by atoms with van der Waals surface area (Å²) >= 11 is 0. The number of nitrogens with one attached hydrogen (secondary N) is 2. The van der Waals surface area contributed by atoms with Gasteiger partial charge in [-0.15, -0.1) is 0 Å². The Morgan fingerprint density at radius 2 is 1.90 bits per heavy atom. The number of rotatable bonds is 6. The first-order valence-electron chi connectivity index (χ1n) is 12.0. The minimum absolute atomic E-state index is 0.151. The van der Waals surface area contributed by atoms with Gasteiger partial charge in [0, 0.05) is 24.5 Å². The van der Waals surface area contributed by atoms with Crippen LogP contribution in [0.2, 0.25) is 0 Å². The van der Waals surface area contributed by atoms with Crippen molar-refractivity contribution >= 4 is 22.6 Å². The van der Waals surface area contributed by atoms with Crippen LogP contribution in [-0.2, 0) is 0 Å². The molecule has 2 aliphatic rings. The highest BCUT2D eigenvalue weighted by atomic mass is 16.1. The molecule has 168 valence electrons. The molecule has 2 aromatic rings. The summed E-state index contributed by atoms with van der Waals surface area (Å²) in [4.78, 5) is 20.1. The molecule has 0 radical (unpaired) electrons. The molecule has 2 heterocycles. The van der Waals surface area contributed by atoms with E-state index in [9.17, 15) is 4.79 Å². The average molecular weight is 424 g/mol. The van der Waals surface area contributed by atoms with E-state index >= 15 is 0 Å². The fourth-order valence-electron chi connectivity index (χ4n) is 4.97. The lowest BCUT2D eigenvalue weighted by atomic mass is 9.93. The molecule has 4 N–H and O–H groups in total. The molecular weight excluding hydrogens is 386 g/mol. The third kappa shape index (κ3) is 5.55. The van der Waals surface area contributed by atoms with Crippen LogP contribution in [0.5, 0.6) is 0 Å². The summed E-state index contributed by atoms with van der Waals surface area (Å²) < 4.78 is 0. The summed E-state index contributed by atoms with van der Waals surface area (Å²) in [6.45, 7) is 6.81. The Morgan fingerprint density at radius 3 is 2.61 bits per heavy atom. The fraction of sp³-hybridized carbons (Fsp3) is 0.600. The highest BCUT2D eigenvalue weighted by molar-refractivity contribution is 6.02. The number of aryl methyl sites for hydroxylation is 1. The predicted molar refractivity (Wildman–Crippen MR) is 127 cm³/mol. The van der Waals surface area contributed by atoms with Gasteiger partial charge in [0.1, 0.15) is 5.82 Å². The molecule has 6 nitrogen and oxygen atoms in total. The second kappa shape index (κ2) is 9.96. The summed E-state index contributed by atoms with van der Waals surface area (Å²) in [5.74, 6) is 1.33. The van der Waals surface area contributed by atoms with E-state index in [2.05, 4.69) is 34.6 Å². The summed E-state index contributed by atoms with van der Waals surface area (Å²) in [5.41, 5.74) is 8.54. The Labute approximate surface area is 186 Å². The lowest BCUT2D eigenvalue weighted by molar-refractivity contribution is 0.0941. The Hall–Kier alpha value is -2.18. The summed E-state index contributed by atoms with van der Waals surface area (Å²) in [6.07, 6.45) is 8.65. The number of nitrogens with two attached hydrogens (primary N) is 1. The van der Waals surface area contributed by atoms with E-state index in [-0.39, 0.29) is 5.91 Å². The summed E-state index contributed by atoms with van der Waals surface area (Å²) in [5, 5.41) is 7.65. The molecule has 1 aromatic heterocycles. The minimum Gasteiger partial charge on any atom is -0.356 e. The molecule has 4 rings (SSSR count). The molecule has 0 bridgehead atoms. The van der Waals surface area contributed by atoms with Crippen molar-refractivity contribution in [3.05, 3.63) is 35.4 Å². The van der Waals surface area contributed by atoms with Crippen molar-refractivity contribution < 1.29 is 4.79 Å². The molecule has 1 aliphatic heterocycles. The van der Waals surface area contributed by atoms with E-state index in [0.29, 0.717) is 17.5 Å². The number of piperidine rings is 1. The van der Waals surface area contributed by atoms with Gasteiger partial charge in [0.2, 0.25) is 0 Å². The van der Waals surface area contributed by atoms with Gasteiger partial charge in [-0.05, 0) is 70.2 Å². The third-order valence-electron chi connectivity index (χ3n) is 6.77. The van der Waals surface area contributed by atoms with Gasteiger partial charge in [-0.2, -0.15) is 0 Å². The number of aromatic nitrogens is 1. The van der Waals surface area contributed by atoms with Crippen LogP contribution in [0.15, 0.2) is 24.3 Å². The Morgan fingerprint density at radius 1 is 1.16 bits per heavy atom. The van der Waals surface area contributed by atoms with Crippen molar-refractivity contribution in [2.45, 2.75) is 71.0 Å². The molecule has 1 saturated carbocycles. The quantitative estimate of drug-likeness (QED) is 0.617. The van der Waals surface area contributed by atoms with Crippen LogP contribution in [0.1, 0.15) is 67.8 Å². The minimum atomic E-state index is -0.398. The molecule has 2 fully saturated rings. The molecule has 1 unspecified atom stereocenters. The number of hydrogen-bond donors (Lipinski definition) is 3. The molecule has 1 aromatic carbocycles. The molecule has 1 aliphatic carbocycles. The van der Waals surface area contributed by atoms with Crippen molar-refractivity contribution in [3.63, 3.8) is 0 Å². The van der Waals surface area contributed by atoms with Crippen LogP contribution in [0.25, 0.3) is 10.9 Å². The zero-order valence-electron chi connectivity index (χ0n) is 19.0. The largest absolute Gasteiger partial charge is 0.356 e. The number of hydrogen-bond acceptors (Lipinski definition) is 5. The molecule has 0 spiro atoms. The SMILES string of the molecule is Cc1ccc2nc(N3CCC(CNC4CCCCC4)CC3)c(C(=O)NC(C)N)cc2c1. The third-order valence-corrected chi connectivity index (χ3v) is 6.77. The number of amides is 1. The topological polar surface area (TPSA) is 83.3 Å². The van der Waals surface area contributed by atoms with E-state index in [4.69, 9.17) is 10.7 Å². The van der Waals surface area contributed by atoms with Crippen LogP contribution in [0.3, 0.4) is 0 Å². The smallest absolute Gasteiger partial charge is 0.256 e. The number of carbonyl (C=O) groups is 1. The van der Waals surface area contributed by atoms with Crippen LogP contribution in [0.4, 0.5) is 5.82 Å². The number of anilines is 1. The van der Waals surface area contributed by atoms with E-state index in [0.717, 1.165) is 54.8 Å². The number of benzene rings is 1. The number of nitrogens with zero attached hydrogens (tertiary/aromatic N) is 2. The Kier molecular flexibility index (Phi) is 7.08. The van der Waals surface area contributed by atoms with Crippen molar-refractivity contribution in [2.24, 2.45) is 11.7 Å². The van der Waals surface area contributed by atoms with Gasteiger partial charge in [0.25, 0.3) is 5.91 Å². The van der Waals surface area contributed by atoms with Gasteiger partial charge in [-0.25, -0.2) is 4.98 Å². The van der Waals surface area contributed by atoms with Crippen LogP contribution < -0.4 is 21.3 Å². The first-order chi connectivity index (χ1) is 15.0. The molecule has 1 amide bonds.